The minimum atomic E-state index is 0.164. The van der Waals surface area contributed by atoms with Crippen molar-refractivity contribution in [1.29, 1.82) is 5.26 Å². The summed E-state index contributed by atoms with van der Waals surface area (Å²) in [4.78, 5) is 8.76. The van der Waals surface area contributed by atoms with E-state index >= 15 is 0 Å². The van der Waals surface area contributed by atoms with Gasteiger partial charge in [-0.1, -0.05) is 53.7 Å². The van der Waals surface area contributed by atoms with Gasteiger partial charge in [-0.05, 0) is 37.1 Å². The number of hydrogen-bond donors (Lipinski definition) is 1. The largest absolute Gasteiger partial charge is 0.487 e. The number of benzene rings is 2. The first-order valence-corrected chi connectivity index (χ1v) is 9.48. The first-order chi connectivity index (χ1) is 13.0. The van der Waals surface area contributed by atoms with Crippen LogP contribution in [0.1, 0.15) is 27.9 Å². The van der Waals surface area contributed by atoms with E-state index in [9.17, 15) is 5.26 Å². The number of aryl methyl sites for hydroxylation is 2. The molecule has 2 N–H and O–H groups in total. The normalized spacial score (nSPS) is 10.4. The molecular weight excluding hydrogens is 356 g/mol. The topological polar surface area (TPSA) is 84.8 Å². The summed E-state index contributed by atoms with van der Waals surface area (Å²) >= 11 is 1.48. The highest BCUT2D eigenvalue weighted by atomic mass is 32.2. The Morgan fingerprint density at radius 2 is 1.85 bits per heavy atom. The van der Waals surface area contributed by atoms with E-state index in [-0.39, 0.29) is 18.0 Å². The predicted molar refractivity (Wildman–Crippen MR) is 107 cm³/mol. The van der Waals surface area contributed by atoms with E-state index < -0.39 is 0 Å². The molecule has 0 bridgehead atoms. The minimum absolute atomic E-state index is 0.164. The molecule has 0 unspecified atom stereocenters. The second-order valence-electron chi connectivity index (χ2n) is 6.20. The van der Waals surface area contributed by atoms with E-state index in [2.05, 4.69) is 47.2 Å². The number of anilines is 1. The molecule has 0 fully saturated rings. The summed E-state index contributed by atoms with van der Waals surface area (Å²) in [6.07, 6.45) is 0. The maximum absolute atomic E-state index is 9.39. The summed E-state index contributed by atoms with van der Waals surface area (Å²) in [6.45, 7) is 4.22. The average Bonchev–Trinajstić information content (AvgIpc) is 2.66. The molecule has 0 saturated heterocycles. The second kappa shape index (κ2) is 8.56. The monoisotopic (exact) mass is 376 g/mol. The van der Waals surface area contributed by atoms with Crippen molar-refractivity contribution in [3.63, 3.8) is 0 Å². The highest BCUT2D eigenvalue weighted by Gasteiger charge is 2.13. The molecule has 0 radical (unpaired) electrons. The van der Waals surface area contributed by atoms with Crippen molar-refractivity contribution < 1.29 is 4.74 Å². The number of nitrogen functional groups attached to an aromatic ring is 1. The summed E-state index contributed by atoms with van der Waals surface area (Å²) in [6, 6.07) is 18.1. The molecule has 2 aromatic carbocycles. The standard InChI is InChI=1S/C21H20N4OS/c1-14-6-8-16(9-7-14)13-27-21-24-19(18(11-22)20(23)25-21)12-26-17-5-3-4-15(2)10-17/h3-10H,12-13H2,1-2H3,(H2,23,24,25). The van der Waals surface area contributed by atoms with Gasteiger partial charge in [-0.3, -0.25) is 0 Å². The average molecular weight is 376 g/mol. The van der Waals surface area contributed by atoms with Gasteiger partial charge in [0.2, 0.25) is 0 Å². The summed E-state index contributed by atoms with van der Waals surface area (Å²) in [5.41, 5.74) is 10.2. The molecule has 0 aliphatic carbocycles. The first-order valence-electron chi connectivity index (χ1n) is 8.49. The molecule has 3 rings (SSSR count). The number of aromatic nitrogens is 2. The minimum Gasteiger partial charge on any atom is -0.487 e. The predicted octanol–water partition coefficient (Wildman–Crippen LogP) is 4.42. The number of rotatable bonds is 6. The zero-order valence-electron chi connectivity index (χ0n) is 15.3. The molecule has 3 aromatic rings. The Labute approximate surface area is 163 Å². The fourth-order valence-electron chi connectivity index (χ4n) is 2.48. The van der Waals surface area contributed by atoms with Gasteiger partial charge in [0.05, 0.1) is 0 Å². The van der Waals surface area contributed by atoms with Crippen LogP contribution in [0.4, 0.5) is 5.82 Å². The van der Waals surface area contributed by atoms with E-state index in [1.165, 1.54) is 22.9 Å². The van der Waals surface area contributed by atoms with Crippen molar-refractivity contribution in [2.24, 2.45) is 0 Å². The smallest absolute Gasteiger partial charge is 0.190 e. The second-order valence-corrected chi connectivity index (χ2v) is 7.15. The van der Waals surface area contributed by atoms with Gasteiger partial charge >= 0.3 is 0 Å². The molecule has 0 amide bonds. The van der Waals surface area contributed by atoms with Crippen molar-refractivity contribution in [3.05, 3.63) is 76.5 Å². The van der Waals surface area contributed by atoms with Gasteiger partial charge in [0.1, 0.15) is 35.5 Å². The number of nitrogens with two attached hydrogens (primary N) is 1. The number of thioether (sulfide) groups is 1. The van der Waals surface area contributed by atoms with Crippen LogP contribution in [0.25, 0.3) is 0 Å². The maximum Gasteiger partial charge on any atom is 0.190 e. The molecule has 0 atom stereocenters. The fraction of sp³-hybridized carbons (Fsp3) is 0.190. The van der Waals surface area contributed by atoms with Gasteiger partial charge in [-0.25, -0.2) is 9.97 Å². The molecule has 1 aromatic heterocycles. The maximum atomic E-state index is 9.39. The van der Waals surface area contributed by atoms with Gasteiger partial charge in [0, 0.05) is 5.75 Å². The molecule has 1 heterocycles. The van der Waals surface area contributed by atoms with Gasteiger partial charge in [0.15, 0.2) is 5.16 Å². The summed E-state index contributed by atoms with van der Waals surface area (Å²) < 4.78 is 5.80. The van der Waals surface area contributed by atoms with Crippen LogP contribution in [-0.4, -0.2) is 9.97 Å². The van der Waals surface area contributed by atoms with Crippen LogP contribution < -0.4 is 10.5 Å². The zero-order valence-corrected chi connectivity index (χ0v) is 16.1. The van der Waals surface area contributed by atoms with E-state index in [0.717, 1.165) is 17.1 Å². The van der Waals surface area contributed by atoms with Crippen LogP contribution in [0.15, 0.2) is 53.7 Å². The third-order valence-electron chi connectivity index (χ3n) is 3.96. The van der Waals surface area contributed by atoms with Crippen molar-refractivity contribution in [1.82, 2.24) is 9.97 Å². The molecule has 0 saturated carbocycles. The fourth-order valence-corrected chi connectivity index (χ4v) is 3.31. The van der Waals surface area contributed by atoms with Crippen molar-refractivity contribution >= 4 is 17.6 Å². The Morgan fingerprint density at radius 3 is 2.56 bits per heavy atom. The third-order valence-corrected chi connectivity index (χ3v) is 4.88. The Balaban J connectivity index is 1.76. The van der Waals surface area contributed by atoms with Crippen LogP contribution in [0.5, 0.6) is 5.75 Å². The molecule has 5 nitrogen and oxygen atoms in total. The molecular formula is C21H20N4OS. The SMILES string of the molecule is Cc1ccc(CSc2nc(N)c(C#N)c(COc3cccc(C)c3)n2)cc1. The van der Waals surface area contributed by atoms with Gasteiger partial charge in [0.25, 0.3) is 0 Å². The van der Waals surface area contributed by atoms with Crippen molar-refractivity contribution in [3.8, 4) is 11.8 Å². The number of nitrogens with zero attached hydrogens (tertiary/aromatic N) is 3. The third kappa shape index (κ3) is 4.99. The summed E-state index contributed by atoms with van der Waals surface area (Å²) in [5.74, 6) is 1.63. The molecule has 136 valence electrons. The van der Waals surface area contributed by atoms with Gasteiger partial charge in [-0.15, -0.1) is 0 Å². The number of ether oxygens (including phenoxy) is 1. The van der Waals surface area contributed by atoms with E-state index in [4.69, 9.17) is 10.5 Å². The Hall–Kier alpha value is -3.04. The first kappa shape index (κ1) is 18.7. The molecule has 27 heavy (non-hydrogen) atoms. The summed E-state index contributed by atoms with van der Waals surface area (Å²) in [7, 11) is 0. The van der Waals surface area contributed by atoms with Crippen LogP contribution in [0.3, 0.4) is 0 Å². The molecule has 6 heteroatoms. The van der Waals surface area contributed by atoms with Crippen LogP contribution in [0.2, 0.25) is 0 Å². The Morgan fingerprint density at radius 1 is 1.07 bits per heavy atom. The van der Waals surface area contributed by atoms with Crippen LogP contribution in [-0.2, 0) is 12.4 Å². The molecule has 0 spiro atoms. The number of hydrogen-bond acceptors (Lipinski definition) is 6. The number of nitriles is 1. The van der Waals surface area contributed by atoms with Crippen molar-refractivity contribution in [2.45, 2.75) is 31.4 Å². The van der Waals surface area contributed by atoms with Gasteiger partial charge in [-0.2, -0.15) is 5.26 Å². The Bertz CT molecular complexity index is 980. The molecule has 0 aliphatic heterocycles. The lowest BCUT2D eigenvalue weighted by Crippen LogP contribution is -2.08. The van der Waals surface area contributed by atoms with E-state index in [1.54, 1.807) is 0 Å². The lowest BCUT2D eigenvalue weighted by Gasteiger charge is -2.10. The zero-order chi connectivity index (χ0) is 19.2. The summed E-state index contributed by atoms with van der Waals surface area (Å²) in [5, 5.41) is 9.93. The van der Waals surface area contributed by atoms with Crippen LogP contribution >= 0.6 is 11.8 Å². The van der Waals surface area contributed by atoms with E-state index in [0.29, 0.717) is 10.9 Å². The van der Waals surface area contributed by atoms with Crippen molar-refractivity contribution in [2.75, 3.05) is 5.73 Å². The van der Waals surface area contributed by atoms with E-state index in [1.807, 2.05) is 31.2 Å². The lowest BCUT2D eigenvalue weighted by molar-refractivity contribution is 0.299. The highest BCUT2D eigenvalue weighted by molar-refractivity contribution is 7.98. The quantitative estimate of drug-likeness (QED) is 0.506. The lowest BCUT2D eigenvalue weighted by atomic mass is 10.2. The molecule has 0 aliphatic rings. The highest BCUT2D eigenvalue weighted by Crippen LogP contribution is 2.24. The Kier molecular flexibility index (Phi) is 5.94. The van der Waals surface area contributed by atoms with Crippen LogP contribution in [0, 0.1) is 25.2 Å². The van der Waals surface area contributed by atoms with Gasteiger partial charge < -0.3 is 10.5 Å².